The van der Waals surface area contributed by atoms with E-state index in [1.807, 2.05) is 19.9 Å². The molecule has 1 aromatic carbocycles. The highest BCUT2D eigenvalue weighted by molar-refractivity contribution is 5.94. The van der Waals surface area contributed by atoms with E-state index in [0.29, 0.717) is 16.4 Å². The predicted molar refractivity (Wildman–Crippen MR) is 81.4 cm³/mol. The maximum Gasteiger partial charge on any atom is 0.282 e. The average Bonchev–Trinajstić information content (AvgIpc) is 2.96. The van der Waals surface area contributed by atoms with Crippen molar-refractivity contribution in [1.82, 2.24) is 9.78 Å². The second-order valence-corrected chi connectivity index (χ2v) is 5.45. The van der Waals surface area contributed by atoms with Crippen LogP contribution in [0.4, 0.5) is 23.2 Å². The maximum atomic E-state index is 13.0. The van der Waals surface area contributed by atoms with Crippen LogP contribution in [0.15, 0.2) is 24.3 Å². The molecule has 2 aromatic rings. The zero-order valence-corrected chi connectivity index (χ0v) is 13.4. The summed E-state index contributed by atoms with van der Waals surface area (Å²) >= 11 is 0. The first-order valence-corrected chi connectivity index (χ1v) is 7.25. The number of hydrogen-bond donors (Lipinski definition) is 1. The number of carbonyl (C=O) groups is 1. The van der Waals surface area contributed by atoms with Crippen LogP contribution in [0.5, 0.6) is 0 Å². The maximum absolute atomic E-state index is 13.0. The zero-order valence-electron chi connectivity index (χ0n) is 13.4. The van der Waals surface area contributed by atoms with Crippen LogP contribution in [-0.2, 0) is 4.79 Å². The first-order valence-electron chi connectivity index (χ1n) is 7.25. The number of hydrogen-bond acceptors (Lipinski definition) is 2. The van der Waals surface area contributed by atoms with Crippen LogP contribution in [0.1, 0.15) is 48.3 Å². The van der Waals surface area contributed by atoms with Gasteiger partial charge in [-0.15, -0.1) is 0 Å². The van der Waals surface area contributed by atoms with Gasteiger partial charge >= 0.3 is 0 Å². The summed E-state index contributed by atoms with van der Waals surface area (Å²) < 4.78 is 52.1. The molecule has 0 aliphatic carbocycles. The summed E-state index contributed by atoms with van der Waals surface area (Å²) in [5, 5.41) is 6.08. The summed E-state index contributed by atoms with van der Waals surface area (Å²) in [6.07, 6.45) is -6.00. The number of amides is 1. The van der Waals surface area contributed by atoms with Crippen LogP contribution >= 0.6 is 0 Å². The molecule has 1 unspecified atom stereocenters. The van der Waals surface area contributed by atoms with E-state index in [2.05, 4.69) is 10.4 Å². The lowest BCUT2D eigenvalue weighted by Crippen LogP contribution is -2.26. The van der Waals surface area contributed by atoms with Gasteiger partial charge in [-0.2, -0.15) is 5.10 Å². The minimum atomic E-state index is -3.01. The Bertz CT molecular complexity index is 743. The number of aryl methyl sites for hydroxylation is 1. The molecule has 2 rings (SSSR count). The number of halogens is 4. The number of aromatic nitrogens is 2. The van der Waals surface area contributed by atoms with Gasteiger partial charge in [-0.05, 0) is 44.0 Å². The van der Waals surface area contributed by atoms with Gasteiger partial charge < -0.3 is 5.32 Å². The fourth-order valence-corrected chi connectivity index (χ4v) is 2.24. The lowest BCUT2D eigenvalue weighted by molar-refractivity contribution is -0.119. The van der Waals surface area contributed by atoms with E-state index < -0.39 is 36.2 Å². The average molecular weight is 343 g/mol. The second-order valence-electron chi connectivity index (χ2n) is 5.45. The molecule has 0 aliphatic heterocycles. The van der Waals surface area contributed by atoms with Crippen molar-refractivity contribution in [3.63, 3.8) is 0 Å². The van der Waals surface area contributed by atoms with Crippen LogP contribution < -0.4 is 5.32 Å². The molecule has 4 nitrogen and oxygen atoms in total. The number of carbonyl (C=O) groups excluding carboxylic acids is 1. The third-order valence-electron chi connectivity index (χ3n) is 3.84. The highest BCUT2D eigenvalue weighted by Gasteiger charge is 2.27. The number of nitrogens with zero attached hydrogens (tertiary/aromatic N) is 2. The third kappa shape index (κ3) is 3.58. The Labute approximate surface area is 136 Å². The van der Waals surface area contributed by atoms with Crippen LogP contribution in [0.3, 0.4) is 0 Å². The van der Waals surface area contributed by atoms with Gasteiger partial charge in [-0.1, -0.05) is 12.1 Å². The Hall–Kier alpha value is -2.38. The second kappa shape index (κ2) is 7.02. The van der Waals surface area contributed by atoms with Crippen molar-refractivity contribution in [1.29, 1.82) is 0 Å². The lowest BCUT2D eigenvalue weighted by atomic mass is 10.1. The van der Waals surface area contributed by atoms with E-state index in [0.717, 1.165) is 11.1 Å². The highest BCUT2D eigenvalue weighted by atomic mass is 19.3. The van der Waals surface area contributed by atoms with Gasteiger partial charge in [0.1, 0.15) is 17.4 Å². The summed E-state index contributed by atoms with van der Waals surface area (Å²) in [6, 6.07) is 4.74. The lowest BCUT2D eigenvalue weighted by Gasteiger charge is -2.17. The predicted octanol–water partition coefficient (Wildman–Crippen LogP) is 4.57. The SMILES string of the molecule is Cc1cccc(NC(=O)C(C)n2nc(C(F)F)cc2C(F)F)c1C. The molecule has 0 spiro atoms. The van der Waals surface area contributed by atoms with Crippen molar-refractivity contribution in [2.75, 3.05) is 5.32 Å². The van der Waals surface area contributed by atoms with E-state index in [1.165, 1.54) is 6.92 Å². The van der Waals surface area contributed by atoms with Gasteiger partial charge in [-0.25, -0.2) is 17.6 Å². The molecule has 1 heterocycles. The Kier molecular flexibility index (Phi) is 5.26. The van der Waals surface area contributed by atoms with Crippen LogP contribution in [0, 0.1) is 13.8 Å². The molecular formula is C16H17F4N3O. The third-order valence-corrected chi connectivity index (χ3v) is 3.84. The Balaban J connectivity index is 2.29. The molecule has 8 heteroatoms. The topological polar surface area (TPSA) is 46.9 Å². The number of benzene rings is 1. The van der Waals surface area contributed by atoms with E-state index in [-0.39, 0.29) is 0 Å². The quantitative estimate of drug-likeness (QED) is 0.808. The number of anilines is 1. The molecule has 130 valence electrons. The summed E-state index contributed by atoms with van der Waals surface area (Å²) in [7, 11) is 0. The molecule has 0 radical (unpaired) electrons. The van der Waals surface area contributed by atoms with Crippen molar-refractivity contribution in [2.24, 2.45) is 0 Å². The number of rotatable bonds is 5. The van der Waals surface area contributed by atoms with Gasteiger partial charge in [0.2, 0.25) is 5.91 Å². The summed E-state index contributed by atoms with van der Waals surface area (Å²) in [5.41, 5.74) is 0.825. The first-order chi connectivity index (χ1) is 11.2. The van der Waals surface area contributed by atoms with Gasteiger partial charge in [0, 0.05) is 5.69 Å². The Morgan fingerprint density at radius 2 is 1.83 bits per heavy atom. The van der Waals surface area contributed by atoms with E-state index in [9.17, 15) is 22.4 Å². The molecule has 24 heavy (non-hydrogen) atoms. The molecule has 1 N–H and O–H groups in total. The molecule has 0 bridgehead atoms. The molecule has 0 fully saturated rings. The van der Waals surface area contributed by atoms with E-state index >= 15 is 0 Å². The summed E-state index contributed by atoms with van der Waals surface area (Å²) in [5.74, 6) is -0.616. The standard InChI is InChI=1S/C16H17F4N3O/c1-8-5-4-6-11(9(8)2)21-16(24)10(3)23-13(15(19)20)7-12(22-23)14(17)18/h4-7,10,14-15H,1-3H3,(H,21,24). The van der Waals surface area contributed by atoms with Crippen LogP contribution in [0.25, 0.3) is 0 Å². The van der Waals surface area contributed by atoms with E-state index in [1.54, 1.807) is 12.1 Å². The van der Waals surface area contributed by atoms with E-state index in [4.69, 9.17) is 0 Å². The minimum absolute atomic E-state index is 0.534. The van der Waals surface area contributed by atoms with Crippen molar-refractivity contribution in [3.05, 3.63) is 46.8 Å². The molecule has 0 saturated heterocycles. The Morgan fingerprint density at radius 3 is 2.42 bits per heavy atom. The highest BCUT2D eigenvalue weighted by Crippen LogP contribution is 2.28. The largest absolute Gasteiger partial charge is 0.324 e. The molecule has 1 amide bonds. The van der Waals surface area contributed by atoms with Gasteiger partial charge in [0.15, 0.2) is 0 Å². The summed E-state index contributed by atoms with van der Waals surface area (Å²) in [6.45, 7) is 5.00. The summed E-state index contributed by atoms with van der Waals surface area (Å²) in [4.78, 5) is 12.3. The van der Waals surface area contributed by atoms with Gasteiger partial charge in [0.05, 0.1) is 0 Å². The fraction of sp³-hybridized carbons (Fsp3) is 0.375. The van der Waals surface area contributed by atoms with Gasteiger partial charge in [-0.3, -0.25) is 9.48 Å². The van der Waals surface area contributed by atoms with Crippen molar-refractivity contribution in [3.8, 4) is 0 Å². The van der Waals surface area contributed by atoms with Crippen molar-refractivity contribution < 1.29 is 22.4 Å². The number of nitrogens with one attached hydrogen (secondary N) is 1. The monoisotopic (exact) mass is 343 g/mol. The van der Waals surface area contributed by atoms with Crippen molar-refractivity contribution >= 4 is 11.6 Å². The Morgan fingerprint density at radius 1 is 1.17 bits per heavy atom. The van der Waals surface area contributed by atoms with Crippen LogP contribution in [0.2, 0.25) is 0 Å². The number of alkyl halides is 4. The van der Waals surface area contributed by atoms with Crippen LogP contribution in [-0.4, -0.2) is 15.7 Å². The fourth-order valence-electron chi connectivity index (χ4n) is 2.24. The smallest absolute Gasteiger partial charge is 0.282 e. The molecular weight excluding hydrogens is 326 g/mol. The first kappa shape index (κ1) is 18.0. The molecule has 0 aliphatic rings. The van der Waals surface area contributed by atoms with Gasteiger partial charge in [0.25, 0.3) is 12.9 Å². The minimum Gasteiger partial charge on any atom is -0.324 e. The molecule has 1 aromatic heterocycles. The molecule has 1 atom stereocenters. The normalized spacial score (nSPS) is 12.7. The zero-order chi connectivity index (χ0) is 18.0. The van der Waals surface area contributed by atoms with Crippen molar-refractivity contribution in [2.45, 2.75) is 39.7 Å². The molecule has 0 saturated carbocycles.